The number of sulfonamides is 1. The Balaban J connectivity index is 1.75. The fraction of sp³-hybridized carbons (Fsp3) is 0.650. The number of nitrogens with zero attached hydrogens (tertiary/aromatic N) is 1. The van der Waals surface area contributed by atoms with Crippen LogP contribution in [0.1, 0.15) is 50.9 Å². The third kappa shape index (κ3) is 4.92. The van der Waals surface area contributed by atoms with E-state index in [0.29, 0.717) is 31.9 Å². The van der Waals surface area contributed by atoms with Gasteiger partial charge in [-0.3, -0.25) is 4.79 Å². The highest BCUT2D eigenvalue weighted by Crippen LogP contribution is 2.28. The van der Waals surface area contributed by atoms with Crippen LogP contribution in [0.4, 0.5) is 0 Å². The van der Waals surface area contributed by atoms with Crippen LogP contribution < -0.4 is 10.6 Å². The Morgan fingerprint density at radius 3 is 2.36 bits per heavy atom. The lowest BCUT2D eigenvalue weighted by molar-refractivity contribution is 0.0730. The van der Waals surface area contributed by atoms with E-state index in [1.54, 1.807) is 18.2 Å². The van der Waals surface area contributed by atoms with Gasteiger partial charge in [-0.2, -0.15) is 4.31 Å². The van der Waals surface area contributed by atoms with Crippen molar-refractivity contribution >= 4 is 15.9 Å². The maximum absolute atomic E-state index is 12.9. The van der Waals surface area contributed by atoms with Gasteiger partial charge in [-0.15, -0.1) is 0 Å². The maximum atomic E-state index is 12.9. The number of amides is 1. The van der Waals surface area contributed by atoms with Crippen LogP contribution in [0, 0.1) is 0 Å². The van der Waals surface area contributed by atoms with Gasteiger partial charge in [0.15, 0.2) is 0 Å². The van der Waals surface area contributed by atoms with Gasteiger partial charge in [-0.1, -0.05) is 6.07 Å². The van der Waals surface area contributed by atoms with Crippen molar-refractivity contribution in [3.63, 3.8) is 0 Å². The molecule has 3 rings (SSSR count). The van der Waals surface area contributed by atoms with E-state index in [1.807, 2.05) is 0 Å². The van der Waals surface area contributed by atoms with Gasteiger partial charge < -0.3 is 15.4 Å². The molecule has 0 unspecified atom stereocenters. The van der Waals surface area contributed by atoms with E-state index >= 15 is 0 Å². The van der Waals surface area contributed by atoms with E-state index in [1.165, 1.54) is 10.4 Å². The van der Waals surface area contributed by atoms with Crippen LogP contribution in [0.3, 0.4) is 0 Å². The Hall–Kier alpha value is -1.48. The first-order valence-electron chi connectivity index (χ1n) is 9.77. The van der Waals surface area contributed by atoms with E-state index in [4.69, 9.17) is 4.74 Å². The van der Waals surface area contributed by atoms with Crippen molar-refractivity contribution in [3.8, 4) is 0 Å². The molecule has 0 saturated carbocycles. The van der Waals surface area contributed by atoms with Crippen LogP contribution >= 0.6 is 0 Å². The largest absolute Gasteiger partial charge is 0.379 e. The summed E-state index contributed by atoms with van der Waals surface area (Å²) in [6, 6.07) is 6.32. The third-order valence-corrected chi connectivity index (χ3v) is 7.12. The highest BCUT2D eigenvalue weighted by atomic mass is 32.2. The molecule has 8 heteroatoms. The Morgan fingerprint density at radius 1 is 1.14 bits per heavy atom. The zero-order chi connectivity index (χ0) is 20.6. The van der Waals surface area contributed by atoms with Gasteiger partial charge in [0.2, 0.25) is 10.0 Å². The monoisotopic (exact) mass is 409 g/mol. The zero-order valence-corrected chi connectivity index (χ0v) is 17.9. The second kappa shape index (κ2) is 7.74. The van der Waals surface area contributed by atoms with E-state index in [2.05, 4.69) is 38.3 Å². The number of hydrogen-bond acceptors (Lipinski definition) is 5. The standard InChI is InChI=1S/C20H31N3O4S/c1-19(2)13-16(14-20(3,4)22-19)21-18(24)15-6-5-7-17(12-15)28(25,26)23-8-10-27-11-9-23/h5-7,12,16,22H,8-11,13-14H2,1-4H3,(H,21,24). The van der Waals surface area contributed by atoms with Crippen molar-refractivity contribution in [1.29, 1.82) is 0 Å². The Bertz CT molecular complexity index is 814. The molecule has 0 aliphatic carbocycles. The number of benzene rings is 1. The van der Waals surface area contributed by atoms with Gasteiger partial charge in [-0.25, -0.2) is 8.42 Å². The molecule has 0 aromatic heterocycles. The highest BCUT2D eigenvalue weighted by molar-refractivity contribution is 7.89. The molecule has 2 aliphatic rings. The molecule has 28 heavy (non-hydrogen) atoms. The summed E-state index contributed by atoms with van der Waals surface area (Å²) >= 11 is 0. The number of nitrogens with one attached hydrogen (secondary N) is 2. The molecule has 2 saturated heterocycles. The van der Waals surface area contributed by atoms with Crippen LogP contribution in [-0.2, 0) is 14.8 Å². The summed E-state index contributed by atoms with van der Waals surface area (Å²) < 4.78 is 32.3. The van der Waals surface area contributed by atoms with Crippen LogP contribution in [0.15, 0.2) is 29.2 Å². The Kier molecular flexibility index (Phi) is 5.87. The molecule has 1 aromatic carbocycles. The normalized spacial score (nSPS) is 23.3. The second-order valence-corrected chi connectivity index (χ2v) is 11.0. The van der Waals surface area contributed by atoms with Gasteiger partial charge in [0.25, 0.3) is 5.91 Å². The first-order chi connectivity index (χ1) is 13.0. The highest BCUT2D eigenvalue weighted by Gasteiger charge is 2.38. The van der Waals surface area contributed by atoms with Crippen LogP contribution in [0.2, 0.25) is 0 Å². The van der Waals surface area contributed by atoms with Gasteiger partial charge >= 0.3 is 0 Å². The molecule has 2 N–H and O–H groups in total. The van der Waals surface area contributed by atoms with E-state index < -0.39 is 10.0 Å². The first kappa shape index (κ1) is 21.2. The van der Waals surface area contributed by atoms with Gasteiger partial charge in [0.05, 0.1) is 18.1 Å². The topological polar surface area (TPSA) is 87.7 Å². The number of morpholine rings is 1. The predicted octanol–water partition coefficient (Wildman–Crippen LogP) is 1.75. The minimum atomic E-state index is -3.62. The summed E-state index contributed by atoms with van der Waals surface area (Å²) in [4.78, 5) is 13.0. The lowest BCUT2D eigenvalue weighted by Gasteiger charge is -2.46. The zero-order valence-electron chi connectivity index (χ0n) is 17.1. The molecular formula is C20H31N3O4S. The minimum absolute atomic E-state index is 0.0262. The van der Waals surface area contributed by atoms with Crippen LogP contribution in [-0.4, -0.2) is 62.1 Å². The molecule has 1 aromatic rings. The molecule has 0 atom stereocenters. The van der Waals surface area contributed by atoms with Gasteiger partial charge in [-0.05, 0) is 58.7 Å². The van der Waals surface area contributed by atoms with E-state index in [9.17, 15) is 13.2 Å². The molecule has 0 spiro atoms. The first-order valence-corrected chi connectivity index (χ1v) is 11.2. The summed E-state index contributed by atoms with van der Waals surface area (Å²) in [7, 11) is -3.62. The molecule has 2 heterocycles. The molecular weight excluding hydrogens is 378 g/mol. The molecule has 156 valence electrons. The average Bonchev–Trinajstić information content (AvgIpc) is 2.60. The molecule has 2 aliphatic heterocycles. The summed E-state index contributed by atoms with van der Waals surface area (Å²) in [6.45, 7) is 9.95. The summed E-state index contributed by atoms with van der Waals surface area (Å²) in [5, 5.41) is 6.69. The molecule has 2 fully saturated rings. The Morgan fingerprint density at radius 2 is 1.75 bits per heavy atom. The Labute approximate surface area is 167 Å². The minimum Gasteiger partial charge on any atom is -0.379 e. The van der Waals surface area contributed by atoms with Crippen molar-refractivity contribution in [3.05, 3.63) is 29.8 Å². The van der Waals surface area contributed by atoms with Crippen molar-refractivity contribution in [2.45, 2.75) is 62.6 Å². The quantitative estimate of drug-likeness (QED) is 0.791. The molecule has 0 radical (unpaired) electrons. The second-order valence-electron chi connectivity index (χ2n) is 9.02. The number of ether oxygens (including phenoxy) is 1. The number of piperidine rings is 1. The van der Waals surface area contributed by atoms with E-state index in [0.717, 1.165) is 12.8 Å². The fourth-order valence-electron chi connectivity index (χ4n) is 4.43. The lowest BCUT2D eigenvalue weighted by atomic mass is 9.79. The molecule has 0 bridgehead atoms. The molecule has 1 amide bonds. The smallest absolute Gasteiger partial charge is 0.251 e. The number of rotatable bonds is 4. The third-order valence-electron chi connectivity index (χ3n) is 5.23. The van der Waals surface area contributed by atoms with Crippen molar-refractivity contribution < 1.29 is 17.9 Å². The maximum Gasteiger partial charge on any atom is 0.251 e. The van der Waals surface area contributed by atoms with Crippen LogP contribution in [0.5, 0.6) is 0 Å². The van der Waals surface area contributed by atoms with Gasteiger partial charge in [0, 0.05) is 35.8 Å². The van der Waals surface area contributed by atoms with Crippen molar-refractivity contribution in [2.75, 3.05) is 26.3 Å². The summed E-state index contributed by atoms with van der Waals surface area (Å²) in [6.07, 6.45) is 1.63. The number of carbonyl (C=O) groups excluding carboxylic acids is 1. The molecule has 7 nitrogen and oxygen atoms in total. The number of hydrogen-bond donors (Lipinski definition) is 2. The lowest BCUT2D eigenvalue weighted by Crippen LogP contribution is -2.62. The van der Waals surface area contributed by atoms with E-state index in [-0.39, 0.29) is 27.9 Å². The summed E-state index contributed by atoms with van der Waals surface area (Å²) in [5.41, 5.74) is 0.200. The summed E-state index contributed by atoms with van der Waals surface area (Å²) in [5.74, 6) is -0.238. The average molecular weight is 410 g/mol. The fourth-order valence-corrected chi connectivity index (χ4v) is 5.88. The van der Waals surface area contributed by atoms with Crippen molar-refractivity contribution in [1.82, 2.24) is 14.9 Å². The SMILES string of the molecule is CC1(C)CC(NC(=O)c2cccc(S(=O)(=O)N3CCOCC3)c2)CC(C)(C)N1. The van der Waals surface area contributed by atoms with Crippen molar-refractivity contribution in [2.24, 2.45) is 0 Å². The van der Waals surface area contributed by atoms with Gasteiger partial charge in [0.1, 0.15) is 0 Å². The van der Waals surface area contributed by atoms with Crippen LogP contribution in [0.25, 0.3) is 0 Å². The predicted molar refractivity (Wildman–Crippen MR) is 108 cm³/mol. The number of carbonyl (C=O) groups is 1.